The second-order valence-corrected chi connectivity index (χ2v) is 6.14. The fourth-order valence-electron chi connectivity index (χ4n) is 3.62. The van der Waals surface area contributed by atoms with Crippen LogP contribution in [0, 0.1) is 5.41 Å². The number of hydrogen-bond acceptors (Lipinski definition) is 1. The van der Waals surface area contributed by atoms with E-state index in [1.54, 1.807) is 0 Å². The average Bonchev–Trinajstić information content (AvgIpc) is 2.31. The fraction of sp³-hybridized carbons (Fsp3) is 0.600. The van der Waals surface area contributed by atoms with Crippen molar-refractivity contribution >= 4 is 0 Å². The molecule has 0 atom stereocenters. The van der Waals surface area contributed by atoms with Crippen LogP contribution >= 0.6 is 0 Å². The number of phenolic OH excluding ortho intramolecular Hbond substituents is 1. The molecule has 0 aromatic heterocycles. The van der Waals surface area contributed by atoms with Crippen LogP contribution in [0.4, 0.5) is 0 Å². The summed E-state index contributed by atoms with van der Waals surface area (Å²) in [4.78, 5) is 0. The molecule has 3 aliphatic carbocycles. The number of hydrogen-bond donors (Lipinski definition) is 1. The molecule has 86 valence electrons. The van der Waals surface area contributed by atoms with Crippen molar-refractivity contribution in [2.75, 3.05) is 0 Å². The Hall–Kier alpha value is -0.980. The maximum absolute atomic E-state index is 9.36. The minimum atomic E-state index is 0.386. The predicted molar refractivity (Wildman–Crippen MR) is 65.6 cm³/mol. The molecule has 3 fully saturated rings. The molecule has 16 heavy (non-hydrogen) atoms. The zero-order valence-corrected chi connectivity index (χ0v) is 10.00. The van der Waals surface area contributed by atoms with Gasteiger partial charge in [0, 0.05) is 0 Å². The summed E-state index contributed by atoms with van der Waals surface area (Å²) in [6.45, 7) is 2.45. The average molecular weight is 216 g/mol. The molecule has 1 heteroatoms. The van der Waals surface area contributed by atoms with Crippen molar-refractivity contribution in [1.29, 1.82) is 0 Å². The lowest BCUT2D eigenvalue weighted by molar-refractivity contribution is 0.0556. The Balaban J connectivity index is 1.92. The van der Waals surface area contributed by atoms with E-state index >= 15 is 0 Å². The van der Waals surface area contributed by atoms with E-state index in [9.17, 15) is 5.11 Å². The molecule has 0 aliphatic heterocycles. The second-order valence-electron chi connectivity index (χ2n) is 6.14. The largest absolute Gasteiger partial charge is 0.508 e. The van der Waals surface area contributed by atoms with Crippen LogP contribution in [0.1, 0.15) is 51.0 Å². The van der Waals surface area contributed by atoms with Crippen LogP contribution in [0.5, 0.6) is 5.75 Å². The summed E-state index contributed by atoms with van der Waals surface area (Å²) in [5.41, 5.74) is 2.52. The molecular formula is C15H20O. The molecular weight excluding hydrogens is 196 g/mol. The van der Waals surface area contributed by atoms with Gasteiger partial charge in [-0.2, -0.15) is 0 Å². The van der Waals surface area contributed by atoms with E-state index in [-0.39, 0.29) is 0 Å². The van der Waals surface area contributed by atoms with Crippen molar-refractivity contribution in [2.24, 2.45) is 5.41 Å². The Morgan fingerprint density at radius 1 is 0.875 bits per heavy atom. The third-order valence-electron chi connectivity index (χ3n) is 5.10. The molecule has 0 amide bonds. The predicted octanol–water partition coefficient (Wildman–Crippen LogP) is 4.00. The summed E-state index contributed by atoms with van der Waals surface area (Å²) in [6.07, 6.45) is 8.17. The van der Waals surface area contributed by atoms with E-state index in [1.807, 2.05) is 12.1 Å². The number of benzene rings is 1. The smallest absolute Gasteiger partial charge is 0.115 e. The van der Waals surface area contributed by atoms with Crippen molar-refractivity contribution in [2.45, 2.75) is 50.9 Å². The highest BCUT2D eigenvalue weighted by Gasteiger charge is 2.46. The summed E-state index contributed by atoms with van der Waals surface area (Å²) in [5.74, 6) is 0.386. The van der Waals surface area contributed by atoms with Crippen molar-refractivity contribution in [3.05, 3.63) is 29.8 Å². The number of rotatable bonds is 1. The second kappa shape index (κ2) is 3.26. The molecule has 1 N–H and O–H groups in total. The Labute approximate surface area is 97.5 Å². The van der Waals surface area contributed by atoms with Crippen molar-refractivity contribution in [3.8, 4) is 5.75 Å². The van der Waals surface area contributed by atoms with Gasteiger partial charge in [0.1, 0.15) is 5.75 Å². The summed E-state index contributed by atoms with van der Waals surface area (Å²) in [7, 11) is 0. The molecule has 3 aliphatic rings. The number of aromatic hydroxyl groups is 1. The van der Waals surface area contributed by atoms with Gasteiger partial charge in [-0.1, -0.05) is 19.1 Å². The van der Waals surface area contributed by atoms with Gasteiger partial charge in [0.2, 0.25) is 0 Å². The molecule has 0 heterocycles. The molecule has 1 aromatic carbocycles. The summed E-state index contributed by atoms with van der Waals surface area (Å²) >= 11 is 0. The van der Waals surface area contributed by atoms with Gasteiger partial charge in [-0.15, -0.1) is 0 Å². The Kier molecular flexibility index (Phi) is 2.07. The highest BCUT2D eigenvalue weighted by molar-refractivity contribution is 5.33. The number of phenols is 1. The molecule has 1 nitrogen and oxygen atoms in total. The third-order valence-corrected chi connectivity index (χ3v) is 5.10. The van der Waals surface area contributed by atoms with Gasteiger partial charge in [-0.05, 0) is 67.1 Å². The minimum Gasteiger partial charge on any atom is -0.508 e. The molecule has 2 bridgehead atoms. The first-order valence-electron chi connectivity index (χ1n) is 6.42. The Morgan fingerprint density at radius 3 is 1.88 bits per heavy atom. The summed E-state index contributed by atoms with van der Waals surface area (Å²) in [6, 6.07) is 7.94. The van der Waals surface area contributed by atoms with Crippen molar-refractivity contribution < 1.29 is 5.11 Å². The summed E-state index contributed by atoms with van der Waals surface area (Å²) < 4.78 is 0. The van der Waals surface area contributed by atoms with Crippen LogP contribution in [-0.2, 0) is 5.41 Å². The van der Waals surface area contributed by atoms with Crippen molar-refractivity contribution in [3.63, 3.8) is 0 Å². The molecule has 0 saturated heterocycles. The SMILES string of the molecule is CC12CCC(c3ccc(O)cc3)(CC1)CC2. The first-order chi connectivity index (χ1) is 7.62. The maximum atomic E-state index is 9.36. The zero-order valence-electron chi connectivity index (χ0n) is 10.00. The van der Waals surface area contributed by atoms with Gasteiger partial charge in [0.15, 0.2) is 0 Å². The van der Waals surface area contributed by atoms with Crippen LogP contribution in [-0.4, -0.2) is 5.11 Å². The van der Waals surface area contributed by atoms with Gasteiger partial charge in [0.05, 0.1) is 0 Å². The van der Waals surface area contributed by atoms with Gasteiger partial charge in [0.25, 0.3) is 0 Å². The van der Waals surface area contributed by atoms with Gasteiger partial charge in [-0.3, -0.25) is 0 Å². The van der Waals surface area contributed by atoms with Crippen LogP contribution < -0.4 is 0 Å². The topological polar surface area (TPSA) is 20.2 Å². The highest BCUT2D eigenvalue weighted by atomic mass is 16.3. The van der Waals surface area contributed by atoms with E-state index in [0.29, 0.717) is 16.6 Å². The fourth-order valence-corrected chi connectivity index (χ4v) is 3.62. The number of fused-ring (bicyclic) bond motifs is 3. The van der Waals surface area contributed by atoms with E-state index in [2.05, 4.69) is 19.1 Å². The van der Waals surface area contributed by atoms with Crippen LogP contribution in [0.25, 0.3) is 0 Å². The van der Waals surface area contributed by atoms with Crippen molar-refractivity contribution in [1.82, 2.24) is 0 Å². The highest BCUT2D eigenvalue weighted by Crippen LogP contribution is 2.57. The maximum Gasteiger partial charge on any atom is 0.115 e. The van der Waals surface area contributed by atoms with Crippen LogP contribution in [0.3, 0.4) is 0 Å². The standard InChI is InChI=1S/C15H20O/c1-14-6-9-15(10-7-14,11-8-14)12-2-4-13(16)5-3-12/h2-5,16H,6-11H2,1H3. The monoisotopic (exact) mass is 216 g/mol. The molecule has 0 unspecified atom stereocenters. The lowest BCUT2D eigenvalue weighted by Crippen LogP contribution is -2.42. The quantitative estimate of drug-likeness (QED) is 0.752. The van der Waals surface area contributed by atoms with E-state index in [0.717, 1.165) is 0 Å². The van der Waals surface area contributed by atoms with Crippen LogP contribution in [0.15, 0.2) is 24.3 Å². The third kappa shape index (κ3) is 1.45. The summed E-state index contributed by atoms with van der Waals surface area (Å²) in [5, 5.41) is 9.36. The van der Waals surface area contributed by atoms with Gasteiger partial charge in [-0.25, -0.2) is 0 Å². The van der Waals surface area contributed by atoms with Crippen LogP contribution in [0.2, 0.25) is 0 Å². The first-order valence-corrected chi connectivity index (χ1v) is 6.42. The Bertz CT molecular complexity index is 366. The molecule has 0 radical (unpaired) electrons. The minimum absolute atomic E-state index is 0.386. The first kappa shape index (κ1) is 10.2. The van der Waals surface area contributed by atoms with Gasteiger partial charge < -0.3 is 5.11 Å². The van der Waals surface area contributed by atoms with E-state index in [4.69, 9.17) is 0 Å². The van der Waals surface area contributed by atoms with E-state index < -0.39 is 0 Å². The lowest BCUT2D eigenvalue weighted by Gasteiger charge is -2.52. The normalized spacial score (nSPS) is 37.6. The van der Waals surface area contributed by atoms with Gasteiger partial charge >= 0.3 is 0 Å². The Morgan fingerprint density at radius 2 is 1.38 bits per heavy atom. The van der Waals surface area contributed by atoms with E-state index in [1.165, 1.54) is 44.1 Å². The molecule has 0 spiro atoms. The molecule has 4 rings (SSSR count). The zero-order chi connectivity index (χ0) is 11.2. The molecule has 3 saturated carbocycles. The molecule has 1 aromatic rings. The lowest BCUT2D eigenvalue weighted by atomic mass is 9.52.